The average molecular weight is 242 g/mol. The van der Waals surface area contributed by atoms with E-state index >= 15 is 0 Å². The van der Waals surface area contributed by atoms with Crippen molar-refractivity contribution in [3.8, 4) is 0 Å². The lowest BCUT2D eigenvalue weighted by molar-refractivity contribution is -0.0816. The van der Waals surface area contributed by atoms with Crippen LogP contribution in [0.15, 0.2) is 0 Å². The van der Waals surface area contributed by atoms with Gasteiger partial charge >= 0.3 is 6.09 Å². The highest BCUT2D eigenvalue weighted by molar-refractivity contribution is 5.68. The summed E-state index contributed by atoms with van der Waals surface area (Å²) in [6.07, 6.45) is 0.648. The van der Waals surface area contributed by atoms with Gasteiger partial charge in [-0.25, -0.2) is 4.79 Å². The Morgan fingerprint density at radius 2 is 2.12 bits per heavy atom. The maximum Gasteiger partial charge on any atom is 0.410 e. The third kappa shape index (κ3) is 3.10. The van der Waals surface area contributed by atoms with E-state index in [9.17, 15) is 4.79 Å². The molecule has 0 saturated carbocycles. The lowest BCUT2D eigenvalue weighted by Gasteiger charge is -2.43. The lowest BCUT2D eigenvalue weighted by Crippen LogP contribution is -2.65. The topological polar surface area (TPSA) is 50.8 Å². The van der Waals surface area contributed by atoms with Crippen LogP contribution in [0, 0.1) is 0 Å². The highest BCUT2D eigenvalue weighted by atomic mass is 16.6. The molecule has 1 N–H and O–H groups in total. The predicted molar refractivity (Wildman–Crippen MR) is 64.0 cm³/mol. The first-order chi connectivity index (χ1) is 7.90. The fraction of sp³-hybridized carbons (Fsp3) is 0.917. The van der Waals surface area contributed by atoms with Gasteiger partial charge in [-0.05, 0) is 27.2 Å². The molecule has 5 heteroatoms. The smallest absolute Gasteiger partial charge is 0.410 e. The Kier molecular flexibility index (Phi) is 3.32. The molecule has 1 amide bonds. The molecular weight excluding hydrogens is 220 g/mol. The van der Waals surface area contributed by atoms with Gasteiger partial charge in [-0.3, -0.25) is 0 Å². The Balaban J connectivity index is 1.97. The van der Waals surface area contributed by atoms with Gasteiger partial charge < -0.3 is 19.7 Å². The number of hydrogen-bond acceptors (Lipinski definition) is 4. The number of carbonyl (C=O) groups is 1. The van der Waals surface area contributed by atoms with E-state index in [1.54, 1.807) is 4.90 Å². The molecule has 0 aliphatic carbocycles. The summed E-state index contributed by atoms with van der Waals surface area (Å²) in [6.45, 7) is 9.39. The second-order valence-corrected chi connectivity index (χ2v) is 5.89. The summed E-state index contributed by atoms with van der Waals surface area (Å²) in [4.78, 5) is 13.8. The molecule has 0 radical (unpaired) electrons. The molecule has 0 atom stereocenters. The second kappa shape index (κ2) is 4.46. The van der Waals surface area contributed by atoms with E-state index in [-0.39, 0.29) is 11.7 Å². The van der Waals surface area contributed by atoms with Crippen LogP contribution in [0.5, 0.6) is 0 Å². The zero-order valence-corrected chi connectivity index (χ0v) is 10.9. The Bertz CT molecular complexity index is 295. The van der Waals surface area contributed by atoms with Gasteiger partial charge in [0.25, 0.3) is 0 Å². The van der Waals surface area contributed by atoms with Crippen molar-refractivity contribution in [1.29, 1.82) is 0 Å². The largest absolute Gasteiger partial charge is 0.444 e. The number of nitrogens with zero attached hydrogens (tertiary/aromatic N) is 1. The monoisotopic (exact) mass is 242 g/mol. The van der Waals surface area contributed by atoms with E-state index in [0.29, 0.717) is 6.54 Å². The zero-order chi connectivity index (χ0) is 12.5. The minimum Gasteiger partial charge on any atom is -0.444 e. The van der Waals surface area contributed by atoms with E-state index in [4.69, 9.17) is 9.47 Å². The number of nitrogens with one attached hydrogen (secondary N) is 1. The van der Waals surface area contributed by atoms with Crippen molar-refractivity contribution in [3.63, 3.8) is 0 Å². The summed E-state index contributed by atoms with van der Waals surface area (Å²) in [6, 6.07) is 0. The second-order valence-electron chi connectivity index (χ2n) is 5.89. The van der Waals surface area contributed by atoms with Crippen LogP contribution in [0.2, 0.25) is 0 Å². The first-order valence-electron chi connectivity index (χ1n) is 6.23. The first kappa shape index (κ1) is 12.6. The molecule has 2 fully saturated rings. The SMILES string of the molecule is CC(C)(C)OC(=O)N1CCCOC2(CNC2)C1. The van der Waals surface area contributed by atoms with Crippen molar-refractivity contribution in [2.24, 2.45) is 0 Å². The molecule has 2 rings (SSSR count). The molecule has 0 bridgehead atoms. The van der Waals surface area contributed by atoms with Crippen molar-refractivity contribution in [3.05, 3.63) is 0 Å². The van der Waals surface area contributed by atoms with Gasteiger partial charge in [0.1, 0.15) is 11.2 Å². The van der Waals surface area contributed by atoms with Gasteiger partial charge in [0.2, 0.25) is 0 Å². The van der Waals surface area contributed by atoms with E-state index in [2.05, 4.69) is 5.32 Å². The van der Waals surface area contributed by atoms with Crippen LogP contribution in [0.3, 0.4) is 0 Å². The minimum absolute atomic E-state index is 0.173. The van der Waals surface area contributed by atoms with Gasteiger partial charge in [-0.15, -0.1) is 0 Å². The van der Waals surface area contributed by atoms with Crippen LogP contribution in [0.1, 0.15) is 27.2 Å². The number of hydrogen-bond donors (Lipinski definition) is 1. The quantitative estimate of drug-likeness (QED) is 0.688. The van der Waals surface area contributed by atoms with Crippen molar-refractivity contribution < 1.29 is 14.3 Å². The highest BCUT2D eigenvalue weighted by Gasteiger charge is 2.42. The Morgan fingerprint density at radius 1 is 1.41 bits per heavy atom. The molecule has 0 aromatic heterocycles. The molecule has 98 valence electrons. The number of amides is 1. The molecule has 2 aliphatic heterocycles. The molecule has 0 unspecified atom stereocenters. The summed E-state index contributed by atoms with van der Waals surface area (Å²) >= 11 is 0. The van der Waals surface area contributed by atoms with E-state index in [1.807, 2.05) is 20.8 Å². The van der Waals surface area contributed by atoms with Gasteiger partial charge in [0.05, 0.1) is 6.54 Å². The third-order valence-corrected chi connectivity index (χ3v) is 3.01. The van der Waals surface area contributed by atoms with Crippen LogP contribution < -0.4 is 5.32 Å². The molecule has 1 spiro atoms. The standard InChI is InChI=1S/C12H22N2O3/c1-11(2,3)17-10(15)14-5-4-6-16-12(9-14)7-13-8-12/h13H,4-9H2,1-3H3. The maximum atomic E-state index is 12.0. The van der Waals surface area contributed by atoms with Gasteiger partial charge in [0.15, 0.2) is 0 Å². The summed E-state index contributed by atoms with van der Waals surface area (Å²) in [7, 11) is 0. The molecule has 2 heterocycles. The van der Waals surface area contributed by atoms with Crippen molar-refractivity contribution in [2.45, 2.75) is 38.4 Å². The summed E-state index contributed by atoms with van der Waals surface area (Å²) in [5.41, 5.74) is -0.608. The Hall–Kier alpha value is -0.810. The number of ether oxygens (including phenoxy) is 2. The van der Waals surface area contributed by atoms with Crippen molar-refractivity contribution >= 4 is 6.09 Å². The van der Waals surface area contributed by atoms with Crippen LogP contribution in [0.25, 0.3) is 0 Å². The van der Waals surface area contributed by atoms with Crippen LogP contribution >= 0.6 is 0 Å². The summed E-state index contributed by atoms with van der Waals surface area (Å²) < 4.78 is 11.2. The fourth-order valence-electron chi connectivity index (χ4n) is 2.12. The Morgan fingerprint density at radius 3 is 2.65 bits per heavy atom. The summed E-state index contributed by atoms with van der Waals surface area (Å²) in [5, 5.41) is 3.20. The Labute approximate surface area is 102 Å². The zero-order valence-electron chi connectivity index (χ0n) is 10.9. The molecule has 5 nitrogen and oxygen atoms in total. The highest BCUT2D eigenvalue weighted by Crippen LogP contribution is 2.23. The van der Waals surface area contributed by atoms with Crippen LogP contribution in [-0.4, -0.2) is 55.0 Å². The molecule has 0 aromatic carbocycles. The minimum atomic E-state index is -0.435. The van der Waals surface area contributed by atoms with Crippen LogP contribution in [0.4, 0.5) is 4.79 Å². The molecule has 0 aromatic rings. The third-order valence-electron chi connectivity index (χ3n) is 3.01. The van der Waals surface area contributed by atoms with Gasteiger partial charge in [0, 0.05) is 26.2 Å². The van der Waals surface area contributed by atoms with Gasteiger partial charge in [-0.2, -0.15) is 0 Å². The van der Waals surface area contributed by atoms with Crippen molar-refractivity contribution in [1.82, 2.24) is 10.2 Å². The predicted octanol–water partition coefficient (Wildman–Crippen LogP) is 0.986. The molecular formula is C12H22N2O3. The molecule has 17 heavy (non-hydrogen) atoms. The number of carbonyl (C=O) groups excluding carboxylic acids is 1. The molecule has 2 aliphatic rings. The molecule has 2 saturated heterocycles. The van der Waals surface area contributed by atoms with Crippen molar-refractivity contribution in [2.75, 3.05) is 32.8 Å². The lowest BCUT2D eigenvalue weighted by atomic mass is 9.96. The van der Waals surface area contributed by atoms with E-state index in [0.717, 1.165) is 32.7 Å². The van der Waals surface area contributed by atoms with Gasteiger partial charge in [-0.1, -0.05) is 0 Å². The maximum absolute atomic E-state index is 12.0. The normalized spacial score (nSPS) is 24.1. The fourth-order valence-corrected chi connectivity index (χ4v) is 2.12. The van der Waals surface area contributed by atoms with Crippen LogP contribution in [-0.2, 0) is 9.47 Å². The first-order valence-corrected chi connectivity index (χ1v) is 6.23. The number of rotatable bonds is 0. The van der Waals surface area contributed by atoms with E-state index < -0.39 is 5.60 Å². The summed E-state index contributed by atoms with van der Waals surface area (Å²) in [5.74, 6) is 0. The average Bonchev–Trinajstić information content (AvgIpc) is 2.35. The van der Waals surface area contributed by atoms with E-state index in [1.165, 1.54) is 0 Å².